The molecular weight excluding hydrogens is 216 g/mol. The first kappa shape index (κ1) is 11.6. The molecule has 1 aliphatic rings. The Morgan fingerprint density at radius 1 is 1.35 bits per heavy atom. The maximum Gasteiger partial charge on any atom is 0.237 e. The van der Waals surface area contributed by atoms with E-state index in [2.05, 4.69) is 5.32 Å². The summed E-state index contributed by atoms with van der Waals surface area (Å²) in [5.41, 5.74) is 6.73. The summed E-state index contributed by atoms with van der Waals surface area (Å²) in [5.74, 6) is -0.428. The molecule has 4 nitrogen and oxygen atoms in total. The van der Waals surface area contributed by atoms with E-state index in [1.165, 1.54) is 0 Å². The lowest BCUT2D eigenvalue weighted by Gasteiger charge is -2.35. The molecule has 0 bridgehead atoms. The number of rotatable bonds is 2. The van der Waals surface area contributed by atoms with Crippen LogP contribution in [0, 0.1) is 0 Å². The zero-order valence-electron chi connectivity index (χ0n) is 9.82. The van der Waals surface area contributed by atoms with Crippen LogP contribution in [0.1, 0.15) is 31.7 Å². The molecule has 17 heavy (non-hydrogen) atoms. The van der Waals surface area contributed by atoms with Crippen molar-refractivity contribution in [2.24, 2.45) is 0 Å². The SMILES string of the molecule is CCC1(c2ccccc2N)CCC(=O)NC1=O. The maximum absolute atomic E-state index is 12.1. The van der Waals surface area contributed by atoms with E-state index in [1.807, 2.05) is 25.1 Å². The number of hydrogen-bond acceptors (Lipinski definition) is 3. The molecule has 1 aromatic rings. The van der Waals surface area contributed by atoms with Gasteiger partial charge in [-0.15, -0.1) is 0 Å². The fourth-order valence-electron chi connectivity index (χ4n) is 2.47. The summed E-state index contributed by atoms with van der Waals surface area (Å²) in [6.45, 7) is 1.95. The normalized spacial score (nSPS) is 24.5. The highest BCUT2D eigenvalue weighted by molar-refractivity contribution is 6.04. The highest BCUT2D eigenvalue weighted by atomic mass is 16.2. The Morgan fingerprint density at radius 2 is 2.06 bits per heavy atom. The standard InChI is InChI=1S/C13H16N2O2/c1-2-13(8-7-11(16)15-12(13)17)9-5-3-4-6-10(9)14/h3-6H,2,7-8,14H2,1H3,(H,15,16,17). The van der Waals surface area contributed by atoms with Gasteiger partial charge in [-0.05, 0) is 24.5 Å². The van der Waals surface area contributed by atoms with Crippen molar-refractivity contribution in [2.45, 2.75) is 31.6 Å². The molecule has 0 aromatic heterocycles. The number of piperidine rings is 1. The van der Waals surface area contributed by atoms with E-state index in [9.17, 15) is 9.59 Å². The summed E-state index contributed by atoms with van der Waals surface area (Å²) in [6, 6.07) is 7.37. The van der Waals surface area contributed by atoms with Crippen LogP contribution in [0.5, 0.6) is 0 Å². The highest BCUT2D eigenvalue weighted by Gasteiger charge is 2.43. The van der Waals surface area contributed by atoms with Gasteiger partial charge in [0.05, 0.1) is 5.41 Å². The van der Waals surface area contributed by atoms with Gasteiger partial charge in [-0.3, -0.25) is 14.9 Å². The lowest BCUT2D eigenvalue weighted by atomic mass is 9.71. The summed E-state index contributed by atoms with van der Waals surface area (Å²) < 4.78 is 0. The molecule has 0 saturated carbocycles. The number of para-hydroxylation sites is 1. The van der Waals surface area contributed by atoms with Gasteiger partial charge in [0.1, 0.15) is 0 Å². The molecular formula is C13H16N2O2. The first-order chi connectivity index (χ1) is 8.10. The lowest BCUT2D eigenvalue weighted by molar-refractivity contribution is -0.138. The molecule has 0 aliphatic carbocycles. The average Bonchev–Trinajstić information content (AvgIpc) is 2.31. The van der Waals surface area contributed by atoms with Crippen molar-refractivity contribution in [2.75, 3.05) is 5.73 Å². The van der Waals surface area contributed by atoms with Gasteiger partial charge in [-0.2, -0.15) is 0 Å². The minimum absolute atomic E-state index is 0.200. The van der Waals surface area contributed by atoms with E-state index in [4.69, 9.17) is 5.73 Å². The summed E-state index contributed by atoms with van der Waals surface area (Å²) in [5, 5.41) is 2.41. The molecule has 0 radical (unpaired) electrons. The van der Waals surface area contributed by atoms with Crippen molar-refractivity contribution in [3.05, 3.63) is 29.8 Å². The van der Waals surface area contributed by atoms with Crippen LogP contribution < -0.4 is 11.1 Å². The van der Waals surface area contributed by atoms with Gasteiger partial charge in [0.15, 0.2) is 0 Å². The van der Waals surface area contributed by atoms with Gasteiger partial charge >= 0.3 is 0 Å². The Morgan fingerprint density at radius 3 is 2.65 bits per heavy atom. The predicted octanol–water partition coefficient (Wildman–Crippen LogP) is 1.35. The van der Waals surface area contributed by atoms with E-state index >= 15 is 0 Å². The summed E-state index contributed by atoms with van der Waals surface area (Å²) in [7, 11) is 0. The summed E-state index contributed by atoms with van der Waals surface area (Å²) >= 11 is 0. The van der Waals surface area contributed by atoms with E-state index < -0.39 is 5.41 Å². The molecule has 90 valence electrons. The van der Waals surface area contributed by atoms with Crippen molar-refractivity contribution in [1.82, 2.24) is 5.32 Å². The van der Waals surface area contributed by atoms with Gasteiger partial charge in [-0.25, -0.2) is 0 Å². The maximum atomic E-state index is 12.1. The van der Waals surface area contributed by atoms with Crippen molar-refractivity contribution in [1.29, 1.82) is 0 Å². The van der Waals surface area contributed by atoms with Gasteiger partial charge in [0, 0.05) is 12.1 Å². The Bertz CT molecular complexity index is 470. The number of anilines is 1. The topological polar surface area (TPSA) is 72.2 Å². The fraction of sp³-hybridized carbons (Fsp3) is 0.385. The number of hydrogen-bond donors (Lipinski definition) is 2. The van der Waals surface area contributed by atoms with Crippen molar-refractivity contribution in [3.63, 3.8) is 0 Å². The molecule has 1 fully saturated rings. The van der Waals surface area contributed by atoms with Crippen LogP contribution in [0.4, 0.5) is 5.69 Å². The Labute approximate surface area is 100 Å². The molecule has 1 unspecified atom stereocenters. The molecule has 0 spiro atoms. The summed E-state index contributed by atoms with van der Waals surface area (Å²) in [4.78, 5) is 23.4. The van der Waals surface area contributed by atoms with Crippen LogP contribution in [0.15, 0.2) is 24.3 Å². The molecule has 4 heteroatoms. The number of carbonyl (C=O) groups excluding carboxylic acids is 2. The highest BCUT2D eigenvalue weighted by Crippen LogP contribution is 2.38. The molecule has 2 rings (SSSR count). The minimum atomic E-state index is -0.654. The Hall–Kier alpha value is -1.84. The molecule has 1 saturated heterocycles. The molecule has 1 heterocycles. The third-order valence-electron chi connectivity index (χ3n) is 3.55. The zero-order valence-corrected chi connectivity index (χ0v) is 9.82. The molecule has 3 N–H and O–H groups in total. The monoisotopic (exact) mass is 232 g/mol. The van der Waals surface area contributed by atoms with E-state index in [0.717, 1.165) is 5.56 Å². The fourth-order valence-corrected chi connectivity index (χ4v) is 2.47. The quantitative estimate of drug-likeness (QED) is 0.597. The van der Waals surface area contributed by atoms with Gasteiger partial charge < -0.3 is 5.73 Å². The number of imide groups is 1. The molecule has 1 atom stereocenters. The lowest BCUT2D eigenvalue weighted by Crippen LogP contribution is -2.51. The average molecular weight is 232 g/mol. The number of carbonyl (C=O) groups is 2. The van der Waals surface area contributed by atoms with E-state index in [0.29, 0.717) is 24.9 Å². The van der Waals surface area contributed by atoms with Gasteiger partial charge in [0.25, 0.3) is 0 Å². The first-order valence-electron chi connectivity index (χ1n) is 5.79. The van der Waals surface area contributed by atoms with Crippen LogP contribution in [0.2, 0.25) is 0 Å². The minimum Gasteiger partial charge on any atom is -0.398 e. The number of nitrogen functional groups attached to an aromatic ring is 1. The third kappa shape index (κ3) is 1.79. The number of amides is 2. The predicted molar refractivity (Wildman–Crippen MR) is 65.2 cm³/mol. The molecule has 2 amide bonds. The second kappa shape index (κ2) is 4.20. The number of nitrogens with two attached hydrogens (primary N) is 1. The third-order valence-corrected chi connectivity index (χ3v) is 3.55. The van der Waals surface area contributed by atoms with Crippen molar-refractivity contribution in [3.8, 4) is 0 Å². The smallest absolute Gasteiger partial charge is 0.237 e. The second-order valence-corrected chi connectivity index (χ2v) is 4.40. The molecule has 1 aromatic carbocycles. The van der Waals surface area contributed by atoms with E-state index in [-0.39, 0.29) is 11.8 Å². The van der Waals surface area contributed by atoms with Gasteiger partial charge in [0.2, 0.25) is 11.8 Å². The second-order valence-electron chi connectivity index (χ2n) is 4.40. The van der Waals surface area contributed by atoms with Crippen LogP contribution in [0.25, 0.3) is 0 Å². The molecule has 1 aliphatic heterocycles. The van der Waals surface area contributed by atoms with E-state index in [1.54, 1.807) is 6.07 Å². The van der Waals surface area contributed by atoms with Crippen LogP contribution in [-0.4, -0.2) is 11.8 Å². The van der Waals surface area contributed by atoms with Crippen molar-refractivity contribution >= 4 is 17.5 Å². The van der Waals surface area contributed by atoms with Crippen molar-refractivity contribution < 1.29 is 9.59 Å². The van der Waals surface area contributed by atoms with Crippen LogP contribution in [-0.2, 0) is 15.0 Å². The number of nitrogens with one attached hydrogen (secondary N) is 1. The largest absolute Gasteiger partial charge is 0.398 e. The number of benzene rings is 1. The summed E-state index contributed by atoms with van der Waals surface area (Å²) in [6.07, 6.45) is 1.54. The Balaban J connectivity index is 2.48. The van der Waals surface area contributed by atoms with Crippen LogP contribution >= 0.6 is 0 Å². The zero-order chi connectivity index (χ0) is 12.5. The van der Waals surface area contributed by atoms with Crippen LogP contribution in [0.3, 0.4) is 0 Å². The van der Waals surface area contributed by atoms with Gasteiger partial charge in [-0.1, -0.05) is 25.1 Å². The first-order valence-corrected chi connectivity index (χ1v) is 5.79. The Kier molecular flexibility index (Phi) is 2.88.